The van der Waals surface area contributed by atoms with Crippen LogP contribution in [0.15, 0.2) is 0 Å². The molecule has 0 aromatic rings. The van der Waals surface area contributed by atoms with E-state index in [4.69, 9.17) is 4.10 Å². The predicted molar refractivity (Wildman–Crippen MR) is 38.9 cm³/mol. The van der Waals surface area contributed by atoms with Crippen LogP contribution in [0.4, 0.5) is 0 Å². The molecule has 0 radical (unpaired) electrons. The van der Waals surface area contributed by atoms with Crippen molar-refractivity contribution in [2.24, 2.45) is 0 Å². The van der Waals surface area contributed by atoms with Crippen LogP contribution in [0.1, 0.15) is 26.7 Å². The van der Waals surface area contributed by atoms with Crippen molar-refractivity contribution in [2.75, 3.05) is 0 Å². The molecular formula is C6H15AsO2. The van der Waals surface area contributed by atoms with E-state index in [1.54, 1.807) is 6.92 Å². The summed E-state index contributed by atoms with van der Waals surface area (Å²) in [4.78, 5) is 0. The SMILES string of the molecule is CCCC[As](=O)(O)CC. The Balaban J connectivity index is 3.46. The van der Waals surface area contributed by atoms with Gasteiger partial charge in [0, 0.05) is 0 Å². The maximum atomic E-state index is 11.0. The van der Waals surface area contributed by atoms with Crippen LogP contribution in [-0.4, -0.2) is 17.9 Å². The van der Waals surface area contributed by atoms with Gasteiger partial charge in [0.2, 0.25) is 0 Å². The summed E-state index contributed by atoms with van der Waals surface area (Å²) in [5.74, 6) is 0. The minimum absolute atomic E-state index is 0.484. The monoisotopic (exact) mass is 194 g/mol. The molecule has 2 nitrogen and oxygen atoms in total. The first-order chi connectivity index (χ1) is 4.12. The third-order valence-corrected chi connectivity index (χ3v) is 5.56. The Morgan fingerprint density at radius 2 is 2.00 bits per heavy atom. The molecule has 0 spiro atoms. The van der Waals surface area contributed by atoms with Gasteiger partial charge >= 0.3 is 58.8 Å². The molecule has 0 amide bonds. The molecular weight excluding hydrogens is 179 g/mol. The summed E-state index contributed by atoms with van der Waals surface area (Å²) in [7, 11) is 0. The normalized spacial score (nSPS) is 17.2. The first-order valence-electron chi connectivity index (χ1n) is 3.43. The van der Waals surface area contributed by atoms with Gasteiger partial charge in [0.25, 0.3) is 0 Å². The maximum absolute atomic E-state index is 11.0. The first kappa shape index (κ1) is 9.32. The molecule has 0 aliphatic carbocycles. The molecule has 1 N–H and O–H groups in total. The van der Waals surface area contributed by atoms with E-state index in [1.165, 1.54) is 0 Å². The quantitative estimate of drug-likeness (QED) is 0.691. The second kappa shape index (κ2) is 4.18. The Bertz CT molecular complexity index is 112. The zero-order valence-electron chi connectivity index (χ0n) is 6.13. The molecule has 0 aliphatic rings. The van der Waals surface area contributed by atoms with E-state index in [-0.39, 0.29) is 0 Å². The van der Waals surface area contributed by atoms with E-state index >= 15 is 0 Å². The second-order valence-electron chi connectivity index (χ2n) is 2.24. The van der Waals surface area contributed by atoms with Crippen LogP contribution in [0.2, 0.25) is 10.4 Å². The van der Waals surface area contributed by atoms with Gasteiger partial charge in [-0.15, -0.1) is 0 Å². The molecule has 0 bridgehead atoms. The van der Waals surface area contributed by atoms with Crippen LogP contribution < -0.4 is 0 Å². The summed E-state index contributed by atoms with van der Waals surface area (Å²) in [5.41, 5.74) is 0. The molecule has 3 heteroatoms. The van der Waals surface area contributed by atoms with E-state index < -0.39 is 13.8 Å². The van der Waals surface area contributed by atoms with Gasteiger partial charge in [0.15, 0.2) is 0 Å². The molecule has 0 saturated carbocycles. The molecule has 0 aromatic heterocycles. The van der Waals surface area contributed by atoms with Crippen molar-refractivity contribution in [3.05, 3.63) is 0 Å². The van der Waals surface area contributed by atoms with Crippen LogP contribution in [0.5, 0.6) is 0 Å². The molecule has 0 saturated heterocycles. The summed E-state index contributed by atoms with van der Waals surface area (Å²) in [6.07, 6.45) is 1.92. The van der Waals surface area contributed by atoms with Crippen molar-refractivity contribution < 1.29 is 7.84 Å². The third kappa shape index (κ3) is 4.80. The Kier molecular flexibility index (Phi) is 4.33. The Hall–Kier alpha value is 0.318. The van der Waals surface area contributed by atoms with Gasteiger partial charge in [-0.25, -0.2) is 0 Å². The predicted octanol–water partition coefficient (Wildman–Crippen LogP) is 1.67. The summed E-state index contributed by atoms with van der Waals surface area (Å²) >= 11 is -3.25. The van der Waals surface area contributed by atoms with Crippen LogP contribution in [-0.2, 0) is 3.74 Å². The van der Waals surface area contributed by atoms with Crippen molar-refractivity contribution in [2.45, 2.75) is 37.1 Å². The fourth-order valence-corrected chi connectivity index (χ4v) is 2.93. The van der Waals surface area contributed by atoms with Crippen molar-refractivity contribution >= 4 is 13.8 Å². The average molecular weight is 194 g/mol. The van der Waals surface area contributed by atoms with Crippen LogP contribution in [0, 0.1) is 0 Å². The van der Waals surface area contributed by atoms with Crippen LogP contribution in [0.25, 0.3) is 0 Å². The molecule has 0 fully saturated rings. The summed E-state index contributed by atoms with van der Waals surface area (Å²) < 4.78 is 20.0. The molecule has 1 unspecified atom stereocenters. The topological polar surface area (TPSA) is 37.3 Å². The summed E-state index contributed by atoms with van der Waals surface area (Å²) in [6.45, 7) is 3.82. The third-order valence-electron chi connectivity index (χ3n) is 1.36. The summed E-state index contributed by atoms with van der Waals surface area (Å²) in [6, 6.07) is 0. The molecule has 56 valence electrons. The van der Waals surface area contributed by atoms with Crippen molar-refractivity contribution in [3.8, 4) is 0 Å². The molecule has 0 rings (SSSR count). The number of hydrogen-bond donors (Lipinski definition) is 1. The molecule has 0 aromatic carbocycles. The number of unbranched alkanes of at least 4 members (excludes halogenated alkanes) is 1. The van der Waals surface area contributed by atoms with Crippen molar-refractivity contribution in [1.82, 2.24) is 0 Å². The fraction of sp³-hybridized carbons (Fsp3) is 1.00. The van der Waals surface area contributed by atoms with Crippen molar-refractivity contribution in [3.63, 3.8) is 0 Å². The zero-order valence-corrected chi connectivity index (χ0v) is 8.01. The zero-order chi connectivity index (χ0) is 7.33. The van der Waals surface area contributed by atoms with Gasteiger partial charge in [0.05, 0.1) is 0 Å². The van der Waals surface area contributed by atoms with Crippen LogP contribution >= 0.6 is 0 Å². The molecule has 1 atom stereocenters. The molecule has 0 aliphatic heterocycles. The Morgan fingerprint density at radius 1 is 1.44 bits per heavy atom. The fourth-order valence-electron chi connectivity index (χ4n) is 0.563. The van der Waals surface area contributed by atoms with Crippen molar-refractivity contribution in [1.29, 1.82) is 0 Å². The van der Waals surface area contributed by atoms with E-state index in [2.05, 4.69) is 0 Å². The van der Waals surface area contributed by atoms with Crippen LogP contribution in [0.3, 0.4) is 0 Å². The number of hydrogen-bond acceptors (Lipinski definition) is 1. The van der Waals surface area contributed by atoms with E-state index in [9.17, 15) is 3.74 Å². The Labute approximate surface area is 59.3 Å². The van der Waals surface area contributed by atoms with E-state index in [1.807, 2.05) is 6.92 Å². The van der Waals surface area contributed by atoms with E-state index in [0.29, 0.717) is 10.4 Å². The Morgan fingerprint density at radius 3 is 2.33 bits per heavy atom. The molecule has 9 heavy (non-hydrogen) atoms. The minimum atomic E-state index is -3.25. The van der Waals surface area contributed by atoms with Gasteiger partial charge in [-0.1, -0.05) is 0 Å². The van der Waals surface area contributed by atoms with Gasteiger partial charge in [0.1, 0.15) is 0 Å². The standard InChI is InChI=1S/C6H15AsO2/c1-3-5-6-7(8,9)4-2/h3-6H2,1-2H3,(H,8,9). The van der Waals surface area contributed by atoms with Gasteiger partial charge in [-0.3, -0.25) is 0 Å². The van der Waals surface area contributed by atoms with Gasteiger partial charge < -0.3 is 0 Å². The van der Waals surface area contributed by atoms with E-state index in [0.717, 1.165) is 12.8 Å². The summed E-state index contributed by atoms with van der Waals surface area (Å²) in [5, 5.41) is 1.05. The first-order valence-corrected chi connectivity index (χ1v) is 7.69. The van der Waals surface area contributed by atoms with Gasteiger partial charge in [-0.2, -0.15) is 0 Å². The van der Waals surface area contributed by atoms with Gasteiger partial charge in [-0.05, 0) is 0 Å². The second-order valence-corrected chi connectivity index (χ2v) is 8.06. The molecule has 0 heterocycles. The number of rotatable bonds is 4. The average Bonchev–Trinajstić information content (AvgIpc) is 1.84.